The van der Waals surface area contributed by atoms with Crippen LogP contribution in [0.4, 0.5) is 10.1 Å². The van der Waals surface area contributed by atoms with Crippen LogP contribution in [-0.2, 0) is 4.79 Å². The van der Waals surface area contributed by atoms with Gasteiger partial charge in [0, 0.05) is 12.6 Å². The summed E-state index contributed by atoms with van der Waals surface area (Å²) in [4.78, 5) is 15.9. The summed E-state index contributed by atoms with van der Waals surface area (Å²) in [6.45, 7) is 0.680. The normalized spacial score (nSPS) is 18.8. The number of carbonyl (C=O) groups is 1. The Balaban J connectivity index is 1.73. The lowest BCUT2D eigenvalue weighted by atomic mass is 10.0. The number of anilines is 1. The van der Waals surface area contributed by atoms with Crippen molar-refractivity contribution in [3.8, 4) is 17.6 Å². The van der Waals surface area contributed by atoms with E-state index < -0.39 is 5.82 Å². The smallest absolute Gasteiger partial charge is 0.256 e. The molecular weight excluding hydrogens is 401 g/mol. The quantitative estimate of drug-likeness (QED) is 0.684. The zero-order valence-electron chi connectivity index (χ0n) is 14.7. The molecule has 2 aromatic rings. The van der Waals surface area contributed by atoms with Crippen molar-refractivity contribution in [1.29, 1.82) is 5.26 Å². The fourth-order valence-electron chi connectivity index (χ4n) is 3.55. The standard InChI is InChI=1S/C20H15ClFN3O2S/c21-13-9-14(22)16(10-18(13)27-17-7-2-1-5-12(17)11-23)25-19(26)15-6-3-4-8-24(15)20(25)28/h1-2,5,7,9-10,15H,3-4,6,8H2/t15-/m0/s1. The summed E-state index contributed by atoms with van der Waals surface area (Å²) in [5.74, 6) is -0.478. The highest BCUT2D eigenvalue weighted by Gasteiger charge is 2.45. The Hall–Kier alpha value is -2.69. The third kappa shape index (κ3) is 3.09. The van der Waals surface area contributed by atoms with Crippen LogP contribution >= 0.6 is 23.8 Å². The van der Waals surface area contributed by atoms with Crippen molar-refractivity contribution >= 4 is 40.5 Å². The number of hydrogen-bond donors (Lipinski definition) is 0. The lowest BCUT2D eigenvalue weighted by Crippen LogP contribution is -2.38. The minimum Gasteiger partial charge on any atom is -0.454 e. The molecule has 0 aromatic heterocycles. The van der Waals surface area contributed by atoms with Crippen molar-refractivity contribution in [2.75, 3.05) is 11.4 Å². The zero-order chi connectivity index (χ0) is 19.8. The van der Waals surface area contributed by atoms with Gasteiger partial charge >= 0.3 is 0 Å². The molecule has 2 heterocycles. The number of benzene rings is 2. The minimum atomic E-state index is -0.665. The van der Waals surface area contributed by atoms with Crippen molar-refractivity contribution in [3.05, 3.63) is 52.8 Å². The van der Waals surface area contributed by atoms with Gasteiger partial charge in [-0.2, -0.15) is 5.26 Å². The molecule has 2 aliphatic heterocycles. The number of piperidine rings is 1. The average molecular weight is 416 g/mol. The third-order valence-corrected chi connectivity index (χ3v) is 5.63. The first-order valence-electron chi connectivity index (χ1n) is 8.82. The van der Waals surface area contributed by atoms with Gasteiger partial charge in [-0.25, -0.2) is 4.39 Å². The number of thiocarbonyl (C=S) groups is 1. The molecule has 4 rings (SSSR count). The second kappa shape index (κ2) is 7.38. The van der Waals surface area contributed by atoms with E-state index in [2.05, 4.69) is 0 Å². The van der Waals surface area contributed by atoms with Crippen LogP contribution in [0.15, 0.2) is 36.4 Å². The maximum Gasteiger partial charge on any atom is 0.256 e. The first-order chi connectivity index (χ1) is 13.5. The molecule has 2 aliphatic rings. The fraction of sp³-hybridized carbons (Fsp3) is 0.250. The van der Waals surface area contributed by atoms with E-state index in [-0.39, 0.29) is 34.2 Å². The van der Waals surface area contributed by atoms with Crippen molar-refractivity contribution in [2.45, 2.75) is 25.3 Å². The van der Waals surface area contributed by atoms with Crippen molar-refractivity contribution in [1.82, 2.24) is 4.90 Å². The Labute approximate surface area is 171 Å². The number of nitrogens with zero attached hydrogens (tertiary/aromatic N) is 3. The summed E-state index contributed by atoms with van der Waals surface area (Å²) in [6, 6.07) is 10.8. The van der Waals surface area contributed by atoms with Crippen LogP contribution in [-0.4, -0.2) is 28.5 Å². The van der Waals surface area contributed by atoms with Crippen molar-refractivity contribution < 1.29 is 13.9 Å². The third-order valence-electron chi connectivity index (χ3n) is 4.91. The van der Waals surface area contributed by atoms with E-state index in [9.17, 15) is 14.4 Å². The molecule has 0 aliphatic carbocycles. The molecule has 5 nitrogen and oxygen atoms in total. The molecule has 0 N–H and O–H groups in total. The molecule has 1 atom stereocenters. The maximum absolute atomic E-state index is 14.7. The molecule has 0 saturated carbocycles. The molecule has 28 heavy (non-hydrogen) atoms. The van der Waals surface area contributed by atoms with Crippen LogP contribution in [0.2, 0.25) is 5.02 Å². The van der Waals surface area contributed by atoms with E-state index in [1.54, 1.807) is 24.3 Å². The van der Waals surface area contributed by atoms with Crippen LogP contribution in [0.5, 0.6) is 11.5 Å². The predicted molar refractivity (Wildman–Crippen MR) is 107 cm³/mol. The highest BCUT2D eigenvalue weighted by molar-refractivity contribution is 7.80. The number of nitriles is 1. The van der Waals surface area contributed by atoms with E-state index in [4.69, 9.17) is 28.6 Å². The van der Waals surface area contributed by atoms with Crippen LogP contribution < -0.4 is 9.64 Å². The Kier molecular flexibility index (Phi) is 4.92. The number of hydrogen-bond acceptors (Lipinski definition) is 4. The summed E-state index contributed by atoms with van der Waals surface area (Å²) in [7, 11) is 0. The topological polar surface area (TPSA) is 56.6 Å². The van der Waals surface area contributed by atoms with Gasteiger partial charge in [0.2, 0.25) is 0 Å². The maximum atomic E-state index is 14.7. The van der Waals surface area contributed by atoms with Crippen molar-refractivity contribution in [3.63, 3.8) is 0 Å². The monoisotopic (exact) mass is 415 g/mol. The molecule has 0 bridgehead atoms. The Bertz CT molecular complexity index is 999. The molecule has 2 fully saturated rings. The van der Waals surface area contributed by atoms with Gasteiger partial charge in [-0.15, -0.1) is 0 Å². The van der Waals surface area contributed by atoms with Crippen LogP contribution in [0.1, 0.15) is 24.8 Å². The van der Waals surface area contributed by atoms with E-state index in [1.165, 1.54) is 11.0 Å². The molecule has 0 spiro atoms. The highest BCUT2D eigenvalue weighted by Crippen LogP contribution is 2.39. The summed E-state index contributed by atoms with van der Waals surface area (Å²) in [5.41, 5.74) is 0.313. The minimum absolute atomic E-state index is 0.00163. The van der Waals surface area contributed by atoms with Gasteiger partial charge in [0.1, 0.15) is 29.4 Å². The first kappa shape index (κ1) is 18.7. The zero-order valence-corrected chi connectivity index (χ0v) is 16.3. The lowest BCUT2D eigenvalue weighted by Gasteiger charge is -2.27. The molecule has 2 saturated heterocycles. The van der Waals surface area contributed by atoms with Crippen LogP contribution in [0.25, 0.3) is 0 Å². The van der Waals surface area contributed by atoms with Gasteiger partial charge in [0.05, 0.1) is 16.3 Å². The number of amides is 1. The molecule has 1 amide bonds. The number of para-hydroxylation sites is 1. The number of rotatable bonds is 3. The number of carbonyl (C=O) groups excluding carboxylic acids is 1. The van der Waals surface area contributed by atoms with Crippen molar-refractivity contribution in [2.24, 2.45) is 0 Å². The summed E-state index contributed by atoms with van der Waals surface area (Å²) in [6.07, 6.45) is 2.58. The summed E-state index contributed by atoms with van der Waals surface area (Å²) < 4.78 is 20.5. The van der Waals surface area contributed by atoms with E-state index in [1.807, 2.05) is 11.0 Å². The van der Waals surface area contributed by atoms with Gasteiger partial charge in [-0.3, -0.25) is 9.69 Å². The Morgan fingerprint density at radius 3 is 2.79 bits per heavy atom. The van der Waals surface area contributed by atoms with Gasteiger partial charge in [0.25, 0.3) is 5.91 Å². The highest BCUT2D eigenvalue weighted by atomic mass is 35.5. The number of halogens is 2. The largest absolute Gasteiger partial charge is 0.454 e. The van der Waals surface area contributed by atoms with Gasteiger partial charge in [-0.05, 0) is 49.7 Å². The first-order valence-corrected chi connectivity index (χ1v) is 9.60. The molecular formula is C20H15ClFN3O2S. The lowest BCUT2D eigenvalue weighted by molar-refractivity contribution is -0.120. The van der Waals surface area contributed by atoms with Crippen LogP contribution in [0, 0.1) is 17.1 Å². The Morgan fingerprint density at radius 1 is 1.25 bits per heavy atom. The molecule has 0 unspecified atom stereocenters. The number of ether oxygens (including phenoxy) is 1. The van der Waals surface area contributed by atoms with Gasteiger partial charge in [0.15, 0.2) is 5.11 Å². The average Bonchev–Trinajstić information content (AvgIpc) is 2.95. The number of fused-ring (bicyclic) bond motifs is 1. The molecule has 2 aromatic carbocycles. The molecule has 142 valence electrons. The van der Waals surface area contributed by atoms with Gasteiger partial charge in [-0.1, -0.05) is 23.7 Å². The van der Waals surface area contributed by atoms with E-state index in [0.29, 0.717) is 23.6 Å². The van der Waals surface area contributed by atoms with Crippen LogP contribution in [0.3, 0.4) is 0 Å². The predicted octanol–water partition coefficient (Wildman–Crippen LogP) is 4.63. The van der Waals surface area contributed by atoms with E-state index in [0.717, 1.165) is 18.9 Å². The summed E-state index contributed by atoms with van der Waals surface area (Å²) >= 11 is 11.6. The molecule has 0 radical (unpaired) electrons. The van der Waals surface area contributed by atoms with E-state index >= 15 is 0 Å². The second-order valence-electron chi connectivity index (χ2n) is 6.61. The second-order valence-corrected chi connectivity index (χ2v) is 7.38. The fourth-order valence-corrected chi connectivity index (χ4v) is 4.14. The summed E-state index contributed by atoms with van der Waals surface area (Å²) in [5, 5.41) is 9.55. The van der Waals surface area contributed by atoms with Gasteiger partial charge < -0.3 is 9.64 Å². The SMILES string of the molecule is N#Cc1ccccc1Oc1cc(N2C(=O)[C@@H]3CCCCN3C2=S)c(F)cc1Cl. The molecule has 8 heteroatoms. The Morgan fingerprint density at radius 2 is 2.04 bits per heavy atom.